The van der Waals surface area contributed by atoms with E-state index >= 15 is 0 Å². The maximum atomic E-state index is 12.1. The number of alkyl carbamates (subject to hydrolysis) is 1. The molecule has 9 nitrogen and oxygen atoms in total. The van der Waals surface area contributed by atoms with E-state index in [2.05, 4.69) is 26.2 Å². The molecule has 1 aliphatic rings. The average molecular weight is 491 g/mol. The molecule has 1 amide bonds. The van der Waals surface area contributed by atoms with Crippen molar-refractivity contribution in [1.82, 2.24) is 30.5 Å². The summed E-state index contributed by atoms with van der Waals surface area (Å²) in [5.74, 6) is 1.19. The maximum Gasteiger partial charge on any atom is 0.407 e. The van der Waals surface area contributed by atoms with Crippen LogP contribution in [-0.2, 0) is 18.0 Å². The summed E-state index contributed by atoms with van der Waals surface area (Å²) in [6.07, 6.45) is 5.03. The van der Waals surface area contributed by atoms with Gasteiger partial charge in [0, 0.05) is 17.3 Å². The van der Waals surface area contributed by atoms with Crippen molar-refractivity contribution in [2.75, 3.05) is 0 Å². The molecule has 0 spiro atoms. The number of benzene rings is 2. The smallest absolute Gasteiger partial charge is 0.407 e. The zero-order valence-corrected chi connectivity index (χ0v) is 19.9. The van der Waals surface area contributed by atoms with Crippen LogP contribution in [0.5, 0.6) is 5.75 Å². The largest absolute Gasteiger partial charge is 0.487 e. The monoisotopic (exact) mass is 490 g/mol. The van der Waals surface area contributed by atoms with Crippen LogP contribution in [0.15, 0.2) is 66.3 Å². The Kier molecular flexibility index (Phi) is 7.28. The summed E-state index contributed by atoms with van der Waals surface area (Å²) in [4.78, 5) is 16.9. The Labute approximate surface area is 207 Å². The highest BCUT2D eigenvalue weighted by atomic mass is 32.1. The average Bonchev–Trinajstić information content (AvgIpc) is 3.61. The van der Waals surface area contributed by atoms with Gasteiger partial charge < -0.3 is 14.8 Å². The summed E-state index contributed by atoms with van der Waals surface area (Å²) >= 11 is 1.68. The van der Waals surface area contributed by atoms with E-state index in [0.29, 0.717) is 12.5 Å². The number of amides is 1. The Morgan fingerprint density at radius 1 is 1.03 bits per heavy atom. The minimum atomic E-state index is -0.350. The third-order valence-corrected chi connectivity index (χ3v) is 7.07. The van der Waals surface area contributed by atoms with Crippen molar-refractivity contribution in [1.29, 1.82) is 0 Å². The van der Waals surface area contributed by atoms with Crippen LogP contribution in [-0.4, -0.2) is 37.3 Å². The van der Waals surface area contributed by atoms with Gasteiger partial charge in [-0.05, 0) is 65.9 Å². The van der Waals surface area contributed by atoms with Crippen LogP contribution >= 0.6 is 11.3 Å². The van der Waals surface area contributed by atoms with Crippen molar-refractivity contribution in [3.8, 4) is 11.4 Å². The van der Waals surface area contributed by atoms with Crippen LogP contribution < -0.4 is 10.1 Å². The Bertz CT molecular complexity index is 1210. The normalized spacial score (nSPS) is 17.6. The number of aromatic nitrogens is 5. The summed E-state index contributed by atoms with van der Waals surface area (Å²) in [5, 5.41) is 17.4. The molecule has 2 heterocycles. The van der Waals surface area contributed by atoms with Gasteiger partial charge in [-0.25, -0.2) is 14.5 Å². The highest BCUT2D eigenvalue weighted by Gasteiger charge is 2.26. The number of ether oxygens (including phenoxy) is 2. The molecule has 2 aromatic carbocycles. The molecule has 1 fully saturated rings. The van der Waals surface area contributed by atoms with E-state index in [1.807, 2.05) is 54.6 Å². The number of rotatable bonds is 8. The number of hydrogen-bond donors (Lipinski definition) is 1. The lowest BCUT2D eigenvalue weighted by atomic mass is 9.86. The number of tetrazole rings is 1. The van der Waals surface area contributed by atoms with Crippen LogP contribution in [0, 0.1) is 0 Å². The second kappa shape index (κ2) is 11.1. The van der Waals surface area contributed by atoms with E-state index in [1.54, 1.807) is 22.3 Å². The van der Waals surface area contributed by atoms with Gasteiger partial charge in [0.15, 0.2) is 0 Å². The van der Waals surface area contributed by atoms with Crippen molar-refractivity contribution in [3.63, 3.8) is 0 Å². The van der Waals surface area contributed by atoms with Crippen molar-refractivity contribution in [3.05, 3.63) is 82.6 Å². The second-order valence-corrected chi connectivity index (χ2v) is 9.36. The Morgan fingerprint density at radius 2 is 1.83 bits per heavy atom. The van der Waals surface area contributed by atoms with Gasteiger partial charge in [0.2, 0.25) is 0 Å². The zero-order chi connectivity index (χ0) is 23.9. The molecule has 2 aromatic heterocycles. The predicted octanol–water partition coefficient (Wildman–Crippen LogP) is 4.65. The summed E-state index contributed by atoms with van der Waals surface area (Å²) in [6.45, 7) is 0.709. The van der Waals surface area contributed by atoms with Crippen molar-refractivity contribution in [2.45, 2.75) is 50.9 Å². The lowest BCUT2D eigenvalue weighted by Crippen LogP contribution is -2.37. The first kappa shape index (κ1) is 23.0. The summed E-state index contributed by atoms with van der Waals surface area (Å²) < 4.78 is 12.8. The fourth-order valence-electron chi connectivity index (χ4n) is 4.12. The van der Waals surface area contributed by atoms with Gasteiger partial charge in [-0.1, -0.05) is 30.3 Å². The Hall–Kier alpha value is -3.79. The van der Waals surface area contributed by atoms with E-state index in [1.165, 1.54) is 0 Å². The first-order valence-corrected chi connectivity index (χ1v) is 12.5. The number of hydrogen-bond acceptors (Lipinski definition) is 8. The van der Waals surface area contributed by atoms with Gasteiger partial charge in [-0.3, -0.25) is 0 Å². The predicted molar refractivity (Wildman–Crippen MR) is 130 cm³/mol. The SMILES string of the molecule is O=C(NC1CCC(c2nc(COc3ccc(-n4cnnn4)cc3)cs2)CC1)OCc1ccccc1. The highest BCUT2D eigenvalue weighted by molar-refractivity contribution is 7.09. The fourth-order valence-corrected chi connectivity index (χ4v) is 5.10. The number of thiazole rings is 1. The molecule has 4 aromatic rings. The van der Waals surface area contributed by atoms with Crippen LogP contribution in [0.25, 0.3) is 5.69 Å². The van der Waals surface area contributed by atoms with Gasteiger partial charge in [-0.15, -0.1) is 16.4 Å². The highest BCUT2D eigenvalue weighted by Crippen LogP contribution is 2.34. The van der Waals surface area contributed by atoms with Crippen LogP contribution in [0.4, 0.5) is 4.79 Å². The first-order valence-electron chi connectivity index (χ1n) is 11.6. The zero-order valence-electron chi connectivity index (χ0n) is 19.1. The van der Waals surface area contributed by atoms with Gasteiger partial charge in [0.05, 0.1) is 16.4 Å². The number of nitrogens with one attached hydrogen (secondary N) is 1. The van der Waals surface area contributed by atoms with Crippen molar-refractivity contribution in [2.24, 2.45) is 0 Å². The summed E-state index contributed by atoms with van der Waals surface area (Å²) in [5.41, 5.74) is 2.78. The van der Waals surface area contributed by atoms with E-state index < -0.39 is 0 Å². The molecule has 35 heavy (non-hydrogen) atoms. The minimum absolute atomic E-state index is 0.147. The molecule has 0 aliphatic heterocycles. The topological polar surface area (TPSA) is 104 Å². The van der Waals surface area contributed by atoms with Gasteiger partial charge >= 0.3 is 6.09 Å². The van der Waals surface area contributed by atoms with E-state index in [0.717, 1.165) is 53.4 Å². The molecule has 0 atom stereocenters. The molecule has 0 bridgehead atoms. The maximum absolute atomic E-state index is 12.1. The van der Waals surface area contributed by atoms with Crippen molar-refractivity contribution < 1.29 is 14.3 Å². The molecule has 0 saturated heterocycles. The van der Waals surface area contributed by atoms with Crippen molar-refractivity contribution >= 4 is 17.4 Å². The molecular formula is C25H26N6O3S. The van der Waals surface area contributed by atoms with Gasteiger partial charge in [-0.2, -0.15) is 0 Å². The molecule has 0 radical (unpaired) electrons. The third-order valence-electron chi connectivity index (χ3n) is 6.02. The minimum Gasteiger partial charge on any atom is -0.487 e. The van der Waals surface area contributed by atoms with Crippen LogP contribution in [0.3, 0.4) is 0 Å². The number of carbonyl (C=O) groups excluding carboxylic acids is 1. The molecule has 180 valence electrons. The molecule has 1 saturated carbocycles. The van der Waals surface area contributed by atoms with Gasteiger partial charge in [0.25, 0.3) is 0 Å². The second-order valence-electron chi connectivity index (χ2n) is 8.47. The molecule has 0 unspecified atom stereocenters. The molecule has 10 heteroatoms. The van der Waals surface area contributed by atoms with E-state index in [4.69, 9.17) is 14.5 Å². The molecule has 5 rings (SSSR count). The summed E-state index contributed by atoms with van der Waals surface area (Å²) in [6, 6.07) is 17.4. The Morgan fingerprint density at radius 3 is 2.57 bits per heavy atom. The Balaban J connectivity index is 1.05. The molecule has 1 N–H and O–H groups in total. The standard InChI is InChI=1S/C25H26N6O3S/c32-25(34-14-18-4-2-1-3-5-18)28-20-8-6-19(7-9-20)24-27-21(16-35-24)15-33-23-12-10-22(11-13-23)31-17-26-29-30-31/h1-5,10-13,16-17,19-20H,6-9,14-15H2,(H,28,32). The number of nitrogens with zero attached hydrogens (tertiary/aromatic N) is 5. The van der Waals surface area contributed by atoms with Crippen LogP contribution in [0.2, 0.25) is 0 Å². The molecule has 1 aliphatic carbocycles. The van der Waals surface area contributed by atoms with E-state index in [9.17, 15) is 4.79 Å². The van der Waals surface area contributed by atoms with E-state index in [-0.39, 0.29) is 18.7 Å². The fraction of sp³-hybridized carbons (Fsp3) is 0.320. The van der Waals surface area contributed by atoms with Crippen LogP contribution in [0.1, 0.15) is 47.9 Å². The number of carbonyl (C=O) groups is 1. The molecular weight excluding hydrogens is 464 g/mol. The first-order chi connectivity index (χ1) is 17.2. The lowest BCUT2D eigenvalue weighted by molar-refractivity contribution is 0.132. The third kappa shape index (κ3) is 6.21. The van der Waals surface area contributed by atoms with Gasteiger partial charge in [0.1, 0.15) is 25.3 Å². The lowest BCUT2D eigenvalue weighted by Gasteiger charge is -2.27. The quantitative estimate of drug-likeness (QED) is 0.383. The summed E-state index contributed by atoms with van der Waals surface area (Å²) in [7, 11) is 0.